The number of anilines is 1. The van der Waals surface area contributed by atoms with Gasteiger partial charge in [0, 0.05) is 28.7 Å². The highest BCUT2D eigenvalue weighted by Gasteiger charge is 2.22. The van der Waals surface area contributed by atoms with Crippen molar-refractivity contribution < 1.29 is 4.79 Å². The molecule has 1 saturated carbocycles. The first-order valence-corrected chi connectivity index (χ1v) is 10.0. The fraction of sp³-hybridized carbons (Fsp3) is 0.409. The van der Waals surface area contributed by atoms with Crippen molar-refractivity contribution in [3.63, 3.8) is 0 Å². The Morgan fingerprint density at radius 2 is 1.82 bits per heavy atom. The third kappa shape index (κ3) is 3.59. The number of aromatic amines is 1. The third-order valence-corrected chi connectivity index (χ3v) is 5.67. The molecule has 3 aromatic rings. The average Bonchev–Trinajstić information content (AvgIpc) is 3.26. The van der Waals surface area contributed by atoms with Gasteiger partial charge in [0.05, 0.1) is 5.56 Å². The molecule has 2 aromatic heterocycles. The Balaban J connectivity index is 1.50. The number of nitrogens with zero attached hydrogens (tertiary/aromatic N) is 3. The van der Waals surface area contributed by atoms with Crippen LogP contribution in [0, 0.1) is 20.8 Å². The molecule has 2 N–H and O–H groups in total. The van der Waals surface area contributed by atoms with Crippen LogP contribution in [0.3, 0.4) is 0 Å². The summed E-state index contributed by atoms with van der Waals surface area (Å²) in [6.07, 6.45) is 6.30. The molecular formula is C22H27N5O. The minimum absolute atomic E-state index is 0.0587. The first-order chi connectivity index (χ1) is 13.5. The van der Waals surface area contributed by atoms with Crippen LogP contribution in [0.25, 0.3) is 11.4 Å². The van der Waals surface area contributed by atoms with Crippen molar-refractivity contribution in [1.82, 2.24) is 19.7 Å². The molecule has 28 heavy (non-hydrogen) atoms. The van der Waals surface area contributed by atoms with Crippen molar-refractivity contribution in [3.8, 4) is 11.4 Å². The van der Waals surface area contributed by atoms with Crippen molar-refractivity contribution in [2.75, 3.05) is 5.32 Å². The van der Waals surface area contributed by atoms with Crippen molar-refractivity contribution in [2.45, 2.75) is 58.9 Å². The van der Waals surface area contributed by atoms with E-state index < -0.39 is 0 Å². The molecule has 1 fully saturated rings. The van der Waals surface area contributed by atoms with Crippen LogP contribution >= 0.6 is 0 Å². The zero-order chi connectivity index (χ0) is 19.7. The quantitative estimate of drug-likeness (QED) is 0.675. The van der Waals surface area contributed by atoms with Crippen molar-refractivity contribution in [3.05, 3.63) is 53.1 Å². The molecule has 1 aromatic carbocycles. The normalized spacial score (nSPS) is 15.0. The van der Waals surface area contributed by atoms with Crippen molar-refractivity contribution in [2.24, 2.45) is 0 Å². The number of carbonyl (C=O) groups is 1. The van der Waals surface area contributed by atoms with Gasteiger partial charge in [-0.25, -0.2) is 4.98 Å². The molecule has 2 heterocycles. The van der Waals surface area contributed by atoms with Gasteiger partial charge in [0.15, 0.2) is 5.82 Å². The van der Waals surface area contributed by atoms with Crippen LogP contribution in [0.15, 0.2) is 30.3 Å². The standard InChI is InChI=1S/C22H27N5O/c1-14-13-20(15(2)27(14)19-7-5-4-6-8-19)22(28)24-18-11-9-17(10-12-18)21-23-16(3)25-26-21/h9-13,19H,4-8H2,1-3H3,(H,24,28)(H,23,25,26). The molecule has 0 radical (unpaired) electrons. The number of nitrogens with one attached hydrogen (secondary N) is 2. The fourth-order valence-electron chi connectivity index (χ4n) is 4.28. The summed E-state index contributed by atoms with van der Waals surface area (Å²) < 4.78 is 2.36. The molecule has 1 amide bonds. The summed E-state index contributed by atoms with van der Waals surface area (Å²) in [5.41, 5.74) is 4.68. The molecule has 0 unspecified atom stereocenters. The summed E-state index contributed by atoms with van der Waals surface area (Å²) in [7, 11) is 0. The zero-order valence-corrected chi connectivity index (χ0v) is 16.7. The Kier molecular flexibility index (Phi) is 5.03. The van der Waals surface area contributed by atoms with E-state index in [0.717, 1.165) is 28.3 Å². The highest BCUT2D eigenvalue weighted by molar-refractivity contribution is 6.05. The highest BCUT2D eigenvalue weighted by Crippen LogP contribution is 2.32. The van der Waals surface area contributed by atoms with Crippen LogP contribution in [-0.4, -0.2) is 25.7 Å². The monoisotopic (exact) mass is 377 g/mol. The minimum Gasteiger partial charge on any atom is -0.345 e. The molecule has 1 aliphatic rings. The fourth-order valence-corrected chi connectivity index (χ4v) is 4.28. The van der Waals surface area contributed by atoms with Crippen LogP contribution in [-0.2, 0) is 0 Å². The molecule has 0 spiro atoms. The van der Waals surface area contributed by atoms with E-state index in [2.05, 4.69) is 38.9 Å². The summed E-state index contributed by atoms with van der Waals surface area (Å²) in [6.45, 7) is 6.03. The van der Waals surface area contributed by atoms with Gasteiger partial charge in [-0.1, -0.05) is 19.3 Å². The number of hydrogen-bond acceptors (Lipinski definition) is 3. The molecule has 1 aliphatic carbocycles. The van der Waals surface area contributed by atoms with Crippen LogP contribution in [0.4, 0.5) is 5.69 Å². The number of aryl methyl sites for hydroxylation is 2. The van der Waals surface area contributed by atoms with E-state index in [-0.39, 0.29) is 5.91 Å². The molecule has 0 bridgehead atoms. The second-order valence-electron chi connectivity index (χ2n) is 7.72. The summed E-state index contributed by atoms with van der Waals surface area (Å²) in [5, 5.41) is 10.0. The molecule has 4 rings (SSSR count). The van der Waals surface area contributed by atoms with Crippen LogP contribution in [0.1, 0.15) is 65.7 Å². The summed E-state index contributed by atoms with van der Waals surface area (Å²) in [4.78, 5) is 17.2. The Morgan fingerprint density at radius 1 is 1.11 bits per heavy atom. The number of aromatic nitrogens is 4. The maximum absolute atomic E-state index is 12.9. The van der Waals surface area contributed by atoms with Gasteiger partial charge in [-0.15, -0.1) is 0 Å². The predicted octanol–water partition coefficient (Wildman–Crippen LogP) is 4.96. The lowest BCUT2D eigenvalue weighted by Crippen LogP contribution is -2.17. The van der Waals surface area contributed by atoms with Gasteiger partial charge in [-0.2, -0.15) is 5.10 Å². The Labute approximate surface area is 165 Å². The predicted molar refractivity (Wildman–Crippen MR) is 111 cm³/mol. The van der Waals surface area contributed by atoms with Gasteiger partial charge in [0.1, 0.15) is 5.82 Å². The Hall–Kier alpha value is -2.89. The van der Waals surface area contributed by atoms with Gasteiger partial charge in [0.25, 0.3) is 5.91 Å². The zero-order valence-electron chi connectivity index (χ0n) is 16.7. The summed E-state index contributed by atoms with van der Waals surface area (Å²) >= 11 is 0. The van der Waals surface area contributed by atoms with Crippen LogP contribution < -0.4 is 5.32 Å². The molecule has 0 saturated heterocycles. The van der Waals surface area contributed by atoms with Gasteiger partial charge in [0.2, 0.25) is 0 Å². The van der Waals surface area contributed by atoms with Gasteiger partial charge in [-0.3, -0.25) is 9.89 Å². The second kappa shape index (κ2) is 7.62. The van der Waals surface area contributed by atoms with E-state index in [9.17, 15) is 4.79 Å². The van der Waals surface area contributed by atoms with E-state index in [1.54, 1.807) is 0 Å². The van der Waals surface area contributed by atoms with Crippen molar-refractivity contribution >= 4 is 11.6 Å². The molecule has 146 valence electrons. The first kappa shape index (κ1) is 18.5. The molecule has 6 nitrogen and oxygen atoms in total. The Morgan fingerprint density at radius 3 is 2.46 bits per heavy atom. The molecule has 6 heteroatoms. The number of carbonyl (C=O) groups excluding carboxylic acids is 1. The molecule has 0 aliphatic heterocycles. The van der Waals surface area contributed by atoms with Gasteiger partial charge in [-0.05, 0) is 63.9 Å². The lowest BCUT2D eigenvalue weighted by Gasteiger charge is -2.26. The van der Waals surface area contributed by atoms with Gasteiger partial charge >= 0.3 is 0 Å². The number of amides is 1. The van der Waals surface area contributed by atoms with Crippen LogP contribution in [0.2, 0.25) is 0 Å². The lowest BCUT2D eigenvalue weighted by atomic mass is 9.95. The Bertz CT molecular complexity index is 977. The maximum Gasteiger partial charge on any atom is 0.257 e. The SMILES string of the molecule is Cc1nc(-c2ccc(NC(=O)c3cc(C)n(C4CCCCC4)c3C)cc2)n[nH]1. The lowest BCUT2D eigenvalue weighted by molar-refractivity contribution is 0.102. The molecular weight excluding hydrogens is 350 g/mol. The third-order valence-electron chi connectivity index (χ3n) is 5.67. The smallest absolute Gasteiger partial charge is 0.257 e. The van der Waals surface area contributed by atoms with E-state index >= 15 is 0 Å². The first-order valence-electron chi connectivity index (χ1n) is 10.0. The number of rotatable bonds is 4. The largest absolute Gasteiger partial charge is 0.345 e. The van der Waals surface area contributed by atoms with E-state index in [1.165, 1.54) is 37.8 Å². The molecule has 0 atom stereocenters. The number of H-pyrrole nitrogens is 1. The topological polar surface area (TPSA) is 75.6 Å². The van der Waals surface area contributed by atoms with Gasteiger partial charge < -0.3 is 9.88 Å². The average molecular weight is 377 g/mol. The second-order valence-corrected chi connectivity index (χ2v) is 7.72. The van der Waals surface area contributed by atoms with E-state index in [4.69, 9.17) is 0 Å². The van der Waals surface area contributed by atoms with Crippen LogP contribution in [0.5, 0.6) is 0 Å². The highest BCUT2D eigenvalue weighted by atomic mass is 16.1. The summed E-state index contributed by atoms with van der Waals surface area (Å²) in [5.74, 6) is 1.38. The van der Waals surface area contributed by atoms with E-state index in [1.807, 2.05) is 37.3 Å². The van der Waals surface area contributed by atoms with E-state index in [0.29, 0.717) is 11.9 Å². The minimum atomic E-state index is -0.0587. The summed E-state index contributed by atoms with van der Waals surface area (Å²) in [6, 6.07) is 10.2. The number of benzene rings is 1. The maximum atomic E-state index is 12.9. The number of hydrogen-bond donors (Lipinski definition) is 2. The van der Waals surface area contributed by atoms with Crippen molar-refractivity contribution in [1.29, 1.82) is 0 Å².